The van der Waals surface area contributed by atoms with Gasteiger partial charge in [0.05, 0.1) is 47.0 Å². The first-order chi connectivity index (χ1) is 21.9. The van der Waals surface area contributed by atoms with Gasteiger partial charge in [-0.15, -0.1) is 0 Å². The van der Waals surface area contributed by atoms with Crippen molar-refractivity contribution >= 4 is 22.7 Å². The van der Waals surface area contributed by atoms with E-state index in [4.69, 9.17) is 18.9 Å². The van der Waals surface area contributed by atoms with Gasteiger partial charge in [0.25, 0.3) is 11.8 Å². The molecule has 45 heavy (non-hydrogen) atoms. The number of methoxy groups -OCH3 is 4. The molecular formula is C36H41N3O6. The van der Waals surface area contributed by atoms with Gasteiger partial charge in [-0.1, -0.05) is 56.0 Å². The molecule has 1 saturated carbocycles. The number of aromatic nitrogens is 1. The number of rotatable bonds is 9. The highest BCUT2D eigenvalue weighted by molar-refractivity contribution is 6.06. The first-order valence-electron chi connectivity index (χ1n) is 15.6. The molecule has 0 bridgehead atoms. The van der Waals surface area contributed by atoms with Crippen LogP contribution in [0.1, 0.15) is 60.1 Å². The lowest BCUT2D eigenvalue weighted by Crippen LogP contribution is -2.64. The molecule has 2 heterocycles. The second-order valence-electron chi connectivity index (χ2n) is 11.8. The maximum absolute atomic E-state index is 15.0. The van der Waals surface area contributed by atoms with Crippen LogP contribution in [0, 0.1) is 0 Å². The van der Waals surface area contributed by atoms with E-state index in [0.717, 1.165) is 55.0 Å². The third kappa shape index (κ3) is 5.34. The monoisotopic (exact) mass is 611 g/mol. The van der Waals surface area contributed by atoms with Crippen molar-refractivity contribution in [1.82, 2.24) is 14.8 Å². The molecule has 9 nitrogen and oxygen atoms in total. The zero-order valence-electron chi connectivity index (χ0n) is 26.4. The van der Waals surface area contributed by atoms with Crippen molar-refractivity contribution in [2.75, 3.05) is 28.4 Å². The van der Waals surface area contributed by atoms with Crippen LogP contribution in [0.2, 0.25) is 0 Å². The molecule has 1 N–H and O–H groups in total. The van der Waals surface area contributed by atoms with Gasteiger partial charge in [-0.2, -0.15) is 0 Å². The molecule has 236 valence electrons. The molecule has 0 unspecified atom stereocenters. The van der Waals surface area contributed by atoms with Crippen molar-refractivity contribution in [3.63, 3.8) is 0 Å². The van der Waals surface area contributed by atoms with Gasteiger partial charge >= 0.3 is 0 Å². The fraction of sp³-hybridized carbons (Fsp3) is 0.389. The minimum atomic E-state index is -1.40. The number of hydrogen-bond acceptors (Lipinski definition) is 6. The number of carbonyl (C=O) groups is 2. The normalized spacial score (nSPS) is 18.7. The molecule has 1 aliphatic heterocycles. The van der Waals surface area contributed by atoms with Crippen molar-refractivity contribution < 1.29 is 28.5 Å². The van der Waals surface area contributed by atoms with E-state index in [9.17, 15) is 4.79 Å². The van der Waals surface area contributed by atoms with Crippen LogP contribution in [0.15, 0.2) is 66.7 Å². The Kier molecular flexibility index (Phi) is 8.61. The molecule has 9 heteroatoms. The van der Waals surface area contributed by atoms with Crippen LogP contribution >= 0.6 is 0 Å². The minimum Gasteiger partial charge on any atom is -0.497 e. The van der Waals surface area contributed by atoms with Gasteiger partial charge < -0.3 is 33.7 Å². The number of amides is 2. The lowest BCUT2D eigenvalue weighted by atomic mass is 9.83. The molecule has 6 rings (SSSR count). The van der Waals surface area contributed by atoms with Gasteiger partial charge in [0, 0.05) is 17.0 Å². The first-order valence-corrected chi connectivity index (χ1v) is 15.6. The van der Waals surface area contributed by atoms with Gasteiger partial charge in [0.1, 0.15) is 28.7 Å². The van der Waals surface area contributed by atoms with Crippen LogP contribution in [0.3, 0.4) is 0 Å². The van der Waals surface area contributed by atoms with Crippen LogP contribution < -0.4 is 24.3 Å². The summed E-state index contributed by atoms with van der Waals surface area (Å²) in [6.45, 7) is 0.290. The van der Waals surface area contributed by atoms with E-state index in [2.05, 4.69) is 5.32 Å². The van der Waals surface area contributed by atoms with Gasteiger partial charge in [-0.05, 0) is 54.8 Å². The third-order valence-electron chi connectivity index (χ3n) is 9.37. The maximum Gasteiger partial charge on any atom is 0.272 e. The average Bonchev–Trinajstić information content (AvgIpc) is 3.27. The second-order valence-corrected chi connectivity index (χ2v) is 11.8. The molecular weight excluding hydrogens is 570 g/mol. The number of benzene rings is 3. The Morgan fingerprint density at radius 1 is 0.822 bits per heavy atom. The van der Waals surface area contributed by atoms with Crippen LogP contribution in [0.25, 0.3) is 10.9 Å². The molecule has 3 aromatic carbocycles. The van der Waals surface area contributed by atoms with E-state index in [1.807, 2.05) is 71.3 Å². The van der Waals surface area contributed by atoms with E-state index >= 15 is 4.79 Å². The number of fused-ring (bicyclic) bond motifs is 3. The molecule has 1 atom stereocenters. The summed E-state index contributed by atoms with van der Waals surface area (Å²) in [5, 5.41) is 4.16. The van der Waals surface area contributed by atoms with Crippen molar-refractivity contribution in [2.45, 2.75) is 63.2 Å². The van der Waals surface area contributed by atoms with Gasteiger partial charge in [-0.3, -0.25) is 9.59 Å². The standard InChI is InChI=1S/C36H41N3O6/c1-42-27-16-17-30(43-2)24(20-27)22-39-34(40)29-21-28-31(44-3)18-19-32(45-4)33(28)38(29)23-36(39,25-12-8-7-9-13-25)35(41)37-26-14-10-5-6-11-15-26/h7-9,12-13,16-21,26H,5-6,10-11,14-15,22-23H2,1-4H3,(H,37,41)/t36-/m1/s1. The lowest BCUT2D eigenvalue weighted by Gasteiger charge is -2.47. The van der Waals surface area contributed by atoms with Crippen LogP contribution in [-0.2, 0) is 23.4 Å². The summed E-state index contributed by atoms with van der Waals surface area (Å²) in [4.78, 5) is 31.7. The van der Waals surface area contributed by atoms with E-state index in [-0.39, 0.29) is 30.9 Å². The SMILES string of the molecule is COc1ccc(OC)c(CN2C(=O)c3cc4c(OC)ccc(OC)c4n3C[C@]2(C(=O)NC2CCCCCC2)c2ccccc2)c1. The molecule has 1 aromatic heterocycles. The van der Waals surface area contributed by atoms with Gasteiger partial charge in [-0.25, -0.2) is 0 Å². The van der Waals surface area contributed by atoms with Crippen LogP contribution in [0.5, 0.6) is 23.0 Å². The zero-order valence-corrected chi connectivity index (χ0v) is 26.4. The Balaban J connectivity index is 1.60. The lowest BCUT2D eigenvalue weighted by molar-refractivity contribution is -0.136. The summed E-state index contributed by atoms with van der Waals surface area (Å²) in [7, 11) is 6.42. The molecule has 1 aliphatic carbocycles. The summed E-state index contributed by atoms with van der Waals surface area (Å²) in [5.41, 5.74) is 1.21. The van der Waals surface area contributed by atoms with Crippen molar-refractivity contribution in [3.05, 3.63) is 83.6 Å². The number of nitrogens with one attached hydrogen (secondary N) is 1. The summed E-state index contributed by atoms with van der Waals surface area (Å²) < 4.78 is 24.7. The quantitative estimate of drug-likeness (QED) is 0.231. The zero-order chi connectivity index (χ0) is 31.6. The van der Waals surface area contributed by atoms with Crippen molar-refractivity contribution in [2.24, 2.45) is 0 Å². The fourth-order valence-corrected chi connectivity index (χ4v) is 7.03. The molecule has 0 spiro atoms. The summed E-state index contributed by atoms with van der Waals surface area (Å²) >= 11 is 0. The topological polar surface area (TPSA) is 91.3 Å². The number of carbonyl (C=O) groups excluding carboxylic acids is 2. The predicted octanol–water partition coefficient (Wildman–Crippen LogP) is 6.07. The maximum atomic E-state index is 15.0. The van der Waals surface area contributed by atoms with Gasteiger partial charge in [0.2, 0.25) is 0 Å². The Bertz CT molecular complexity index is 1690. The molecule has 2 aliphatic rings. The highest BCUT2D eigenvalue weighted by atomic mass is 16.5. The van der Waals surface area contributed by atoms with Crippen molar-refractivity contribution in [3.8, 4) is 23.0 Å². The van der Waals surface area contributed by atoms with E-state index in [1.165, 1.54) is 0 Å². The Labute approximate surface area is 264 Å². The highest BCUT2D eigenvalue weighted by Crippen LogP contribution is 2.45. The average molecular weight is 612 g/mol. The number of hydrogen-bond donors (Lipinski definition) is 1. The Hall–Kier alpha value is -4.66. The summed E-state index contributed by atoms with van der Waals surface area (Å²) in [6.07, 6.45) is 6.29. The molecule has 0 radical (unpaired) electrons. The van der Waals surface area contributed by atoms with Gasteiger partial charge in [0.15, 0.2) is 5.54 Å². The van der Waals surface area contributed by atoms with Crippen LogP contribution in [0.4, 0.5) is 0 Å². The number of nitrogens with zero attached hydrogens (tertiary/aromatic N) is 2. The molecule has 2 amide bonds. The van der Waals surface area contributed by atoms with Crippen molar-refractivity contribution in [1.29, 1.82) is 0 Å². The van der Waals surface area contributed by atoms with E-state index < -0.39 is 5.54 Å². The van der Waals surface area contributed by atoms with E-state index in [0.29, 0.717) is 34.2 Å². The Morgan fingerprint density at radius 2 is 1.49 bits per heavy atom. The minimum absolute atomic E-state index is 0.0290. The molecule has 1 fully saturated rings. The molecule has 0 saturated heterocycles. The second kappa shape index (κ2) is 12.8. The first kappa shape index (κ1) is 30.4. The largest absolute Gasteiger partial charge is 0.497 e. The van der Waals surface area contributed by atoms with Crippen LogP contribution in [-0.4, -0.2) is 55.8 Å². The third-order valence-corrected chi connectivity index (χ3v) is 9.37. The summed E-state index contributed by atoms with van der Waals surface area (Å²) in [6, 6.07) is 20.7. The number of ether oxygens (including phenoxy) is 4. The fourth-order valence-electron chi connectivity index (χ4n) is 7.03. The smallest absolute Gasteiger partial charge is 0.272 e. The molecule has 4 aromatic rings. The summed E-state index contributed by atoms with van der Waals surface area (Å²) in [5.74, 6) is 1.96. The highest BCUT2D eigenvalue weighted by Gasteiger charge is 2.53. The Morgan fingerprint density at radius 3 is 2.16 bits per heavy atom. The van der Waals surface area contributed by atoms with E-state index in [1.54, 1.807) is 33.3 Å². The predicted molar refractivity (Wildman–Crippen MR) is 172 cm³/mol.